The molecule has 0 aliphatic heterocycles. The van der Waals surface area contributed by atoms with E-state index in [-0.39, 0.29) is 5.92 Å². The number of pyridine rings is 1. The molecule has 0 aliphatic rings. The van der Waals surface area contributed by atoms with Crippen LogP contribution in [-0.2, 0) is 6.42 Å². The molecule has 0 spiro atoms. The van der Waals surface area contributed by atoms with Gasteiger partial charge >= 0.3 is 0 Å². The van der Waals surface area contributed by atoms with Gasteiger partial charge in [0.2, 0.25) is 0 Å². The first-order valence-electron chi connectivity index (χ1n) is 7.88. The third-order valence-corrected chi connectivity index (χ3v) is 4.63. The number of hydrogen-bond donors (Lipinski definition) is 1. The van der Waals surface area contributed by atoms with Gasteiger partial charge in [0.1, 0.15) is 5.65 Å². The fourth-order valence-corrected chi connectivity index (χ4v) is 2.94. The Bertz CT molecular complexity index is 862. The number of benzene rings is 1. The average Bonchev–Trinajstić information content (AvgIpc) is 2.92. The molecule has 1 atom stereocenters. The van der Waals surface area contributed by atoms with E-state index in [2.05, 4.69) is 54.8 Å². The number of aryl methyl sites for hydroxylation is 2. The molecule has 2 heterocycles. The molecule has 0 bridgehead atoms. The summed E-state index contributed by atoms with van der Waals surface area (Å²) in [4.78, 5) is 5.32. The van der Waals surface area contributed by atoms with E-state index < -0.39 is 0 Å². The smallest absolute Gasteiger partial charge is 0.137 e. The van der Waals surface area contributed by atoms with Gasteiger partial charge in [-0.25, -0.2) is 4.98 Å². The van der Waals surface area contributed by atoms with Crippen molar-refractivity contribution in [3.05, 3.63) is 59.4 Å². The Balaban J connectivity index is 2.25. The molecule has 2 aromatic heterocycles. The third-order valence-electron chi connectivity index (χ3n) is 4.28. The summed E-state index contributed by atoms with van der Waals surface area (Å²) in [5.74, 6) is -0.0392. The van der Waals surface area contributed by atoms with Crippen LogP contribution in [0.4, 0.5) is 0 Å². The van der Waals surface area contributed by atoms with Crippen LogP contribution in [0, 0.1) is 6.92 Å². The number of rotatable bonds is 4. The van der Waals surface area contributed by atoms with Gasteiger partial charge in [0.05, 0.1) is 16.4 Å². The number of aromatic nitrogens is 2. The van der Waals surface area contributed by atoms with Crippen molar-refractivity contribution in [1.82, 2.24) is 9.38 Å². The van der Waals surface area contributed by atoms with Gasteiger partial charge in [-0.2, -0.15) is 0 Å². The summed E-state index contributed by atoms with van der Waals surface area (Å²) < 4.78 is 2.11. The van der Waals surface area contributed by atoms with Crippen LogP contribution in [0.1, 0.15) is 36.6 Å². The van der Waals surface area contributed by atoms with E-state index in [0.29, 0.717) is 4.99 Å². The predicted molar refractivity (Wildman–Crippen MR) is 99.9 cm³/mol. The summed E-state index contributed by atoms with van der Waals surface area (Å²) in [6.07, 6.45) is 3.12. The fourth-order valence-electron chi connectivity index (χ4n) is 2.83. The Morgan fingerprint density at radius 2 is 1.91 bits per heavy atom. The Labute approximate surface area is 142 Å². The third kappa shape index (κ3) is 2.86. The molecule has 0 fully saturated rings. The van der Waals surface area contributed by atoms with E-state index in [1.165, 1.54) is 11.1 Å². The Morgan fingerprint density at radius 1 is 1.22 bits per heavy atom. The zero-order chi connectivity index (χ0) is 16.6. The Hall–Kier alpha value is -2.20. The van der Waals surface area contributed by atoms with E-state index in [1.54, 1.807) is 0 Å². The number of hydrogen-bond acceptors (Lipinski definition) is 2. The lowest BCUT2D eigenvalue weighted by molar-refractivity contribution is 0.926. The van der Waals surface area contributed by atoms with E-state index in [1.807, 2.05) is 13.0 Å². The normalized spacial score (nSPS) is 12.5. The lowest BCUT2D eigenvalue weighted by Gasteiger charge is -2.13. The molecule has 4 heteroatoms. The largest absolute Gasteiger partial charge is 0.393 e. The van der Waals surface area contributed by atoms with Crippen molar-refractivity contribution in [2.45, 2.75) is 33.1 Å². The van der Waals surface area contributed by atoms with Crippen molar-refractivity contribution in [1.29, 1.82) is 0 Å². The minimum atomic E-state index is -0.0392. The van der Waals surface area contributed by atoms with Gasteiger partial charge in [-0.15, -0.1) is 0 Å². The molecule has 0 saturated carbocycles. The van der Waals surface area contributed by atoms with Crippen molar-refractivity contribution < 1.29 is 0 Å². The molecule has 1 aromatic carbocycles. The Kier molecular flexibility index (Phi) is 4.18. The molecule has 3 rings (SSSR count). The van der Waals surface area contributed by atoms with Gasteiger partial charge in [0.25, 0.3) is 0 Å². The molecule has 3 aromatic rings. The summed E-state index contributed by atoms with van der Waals surface area (Å²) in [6, 6.07) is 12.7. The second kappa shape index (κ2) is 6.13. The van der Waals surface area contributed by atoms with E-state index in [0.717, 1.165) is 29.0 Å². The van der Waals surface area contributed by atoms with Crippen molar-refractivity contribution in [2.75, 3.05) is 0 Å². The summed E-state index contributed by atoms with van der Waals surface area (Å²) in [6.45, 7) is 6.27. The second-order valence-electron chi connectivity index (χ2n) is 5.95. The van der Waals surface area contributed by atoms with Gasteiger partial charge in [0.15, 0.2) is 0 Å². The fraction of sp³-hybridized carbons (Fsp3) is 0.263. The van der Waals surface area contributed by atoms with Gasteiger partial charge in [-0.1, -0.05) is 56.4 Å². The molecule has 118 valence electrons. The van der Waals surface area contributed by atoms with Gasteiger partial charge < -0.3 is 10.1 Å². The van der Waals surface area contributed by atoms with Crippen LogP contribution in [0.2, 0.25) is 0 Å². The standard InChI is InChI=1S/C19H21N3S/c1-4-14-6-8-15(9-7-14)17-18(13(3)19(20)23)22-11-12(2)5-10-16(22)21-17/h5-11,13H,4H2,1-3H3,(H2,20,23). The maximum absolute atomic E-state index is 5.94. The average molecular weight is 323 g/mol. The summed E-state index contributed by atoms with van der Waals surface area (Å²) in [5.41, 5.74) is 12.5. The lowest BCUT2D eigenvalue weighted by Crippen LogP contribution is -2.18. The number of thiocarbonyl (C=S) groups is 1. The first-order valence-corrected chi connectivity index (χ1v) is 8.29. The van der Waals surface area contributed by atoms with Crippen LogP contribution in [0.15, 0.2) is 42.6 Å². The molecular weight excluding hydrogens is 302 g/mol. The van der Waals surface area contributed by atoms with Crippen LogP contribution in [0.3, 0.4) is 0 Å². The first-order chi connectivity index (χ1) is 11.0. The van der Waals surface area contributed by atoms with E-state index in [4.69, 9.17) is 22.9 Å². The summed E-state index contributed by atoms with van der Waals surface area (Å²) >= 11 is 5.25. The van der Waals surface area contributed by atoms with Crippen LogP contribution in [0.5, 0.6) is 0 Å². The van der Waals surface area contributed by atoms with Crippen LogP contribution >= 0.6 is 12.2 Å². The second-order valence-corrected chi connectivity index (χ2v) is 6.43. The van der Waals surface area contributed by atoms with Crippen LogP contribution in [0.25, 0.3) is 16.9 Å². The highest BCUT2D eigenvalue weighted by molar-refractivity contribution is 7.80. The number of nitrogens with zero attached hydrogens (tertiary/aromatic N) is 2. The van der Waals surface area contributed by atoms with Gasteiger partial charge in [0, 0.05) is 17.7 Å². The van der Waals surface area contributed by atoms with Crippen molar-refractivity contribution in [3.8, 4) is 11.3 Å². The quantitative estimate of drug-likeness (QED) is 0.730. The monoisotopic (exact) mass is 323 g/mol. The molecule has 3 nitrogen and oxygen atoms in total. The zero-order valence-electron chi connectivity index (χ0n) is 13.7. The minimum Gasteiger partial charge on any atom is -0.393 e. The van der Waals surface area contributed by atoms with Gasteiger partial charge in [-0.3, -0.25) is 0 Å². The van der Waals surface area contributed by atoms with Gasteiger partial charge in [-0.05, 0) is 30.5 Å². The molecule has 1 unspecified atom stereocenters. The topological polar surface area (TPSA) is 43.3 Å². The maximum Gasteiger partial charge on any atom is 0.137 e. The molecule has 23 heavy (non-hydrogen) atoms. The zero-order valence-corrected chi connectivity index (χ0v) is 14.5. The first kappa shape index (κ1) is 15.7. The van der Waals surface area contributed by atoms with Crippen molar-refractivity contribution >= 4 is 22.9 Å². The number of fused-ring (bicyclic) bond motifs is 1. The number of nitrogens with two attached hydrogens (primary N) is 1. The molecular formula is C19H21N3S. The SMILES string of the molecule is CCc1ccc(-c2nc3ccc(C)cn3c2C(C)C(N)=S)cc1. The maximum atomic E-state index is 5.94. The van der Waals surface area contributed by atoms with Crippen LogP contribution < -0.4 is 5.73 Å². The highest BCUT2D eigenvalue weighted by atomic mass is 32.1. The minimum absolute atomic E-state index is 0.0392. The van der Waals surface area contributed by atoms with E-state index >= 15 is 0 Å². The summed E-state index contributed by atoms with van der Waals surface area (Å²) in [7, 11) is 0. The molecule has 0 amide bonds. The lowest BCUT2D eigenvalue weighted by atomic mass is 10.00. The van der Waals surface area contributed by atoms with Crippen LogP contribution in [-0.4, -0.2) is 14.4 Å². The molecule has 2 N–H and O–H groups in total. The molecule has 0 radical (unpaired) electrons. The highest BCUT2D eigenvalue weighted by Crippen LogP contribution is 2.31. The molecule has 0 aliphatic carbocycles. The predicted octanol–water partition coefficient (Wildman–Crippen LogP) is 4.26. The van der Waals surface area contributed by atoms with E-state index in [9.17, 15) is 0 Å². The Morgan fingerprint density at radius 3 is 2.52 bits per heavy atom. The molecule has 0 saturated heterocycles. The number of imidazole rings is 1. The van der Waals surface area contributed by atoms with Crippen molar-refractivity contribution in [2.24, 2.45) is 5.73 Å². The van der Waals surface area contributed by atoms with Crippen molar-refractivity contribution in [3.63, 3.8) is 0 Å². The highest BCUT2D eigenvalue weighted by Gasteiger charge is 2.21. The summed E-state index contributed by atoms with van der Waals surface area (Å²) in [5, 5.41) is 0.